The molecule has 2 rings (SSSR count). The first-order chi connectivity index (χ1) is 7.98. The Morgan fingerprint density at radius 1 is 1.18 bits per heavy atom. The van der Waals surface area contributed by atoms with Crippen molar-refractivity contribution in [3.8, 4) is 0 Å². The van der Waals surface area contributed by atoms with E-state index in [0.717, 1.165) is 18.8 Å². The third kappa shape index (κ3) is 2.93. The number of benzene rings is 1. The summed E-state index contributed by atoms with van der Waals surface area (Å²) in [6.45, 7) is 9.24. The number of anilines is 2. The van der Waals surface area contributed by atoms with Crippen molar-refractivity contribution in [2.75, 3.05) is 23.7 Å². The molecule has 1 heterocycles. The normalized spacial score (nSPS) is 20.1. The summed E-state index contributed by atoms with van der Waals surface area (Å²) in [6.07, 6.45) is 3.87. The van der Waals surface area contributed by atoms with Gasteiger partial charge in [0.1, 0.15) is 0 Å². The van der Waals surface area contributed by atoms with E-state index in [1.54, 1.807) is 0 Å². The molecule has 0 saturated carbocycles. The van der Waals surface area contributed by atoms with Crippen LogP contribution in [0.3, 0.4) is 0 Å². The third-order valence-corrected chi connectivity index (χ3v) is 3.91. The molecule has 17 heavy (non-hydrogen) atoms. The van der Waals surface area contributed by atoms with Gasteiger partial charge in [0.2, 0.25) is 0 Å². The molecule has 2 heteroatoms. The standard InChI is InChI=1S/C15H24N2/c1-12-5-6-13(16)11-14(12)17-9-4-7-15(2,3)8-10-17/h5-6,11H,4,7-10,16H2,1-3H3. The molecule has 1 aromatic rings. The summed E-state index contributed by atoms with van der Waals surface area (Å²) in [5, 5.41) is 0. The van der Waals surface area contributed by atoms with Gasteiger partial charge in [-0.05, 0) is 49.3 Å². The first kappa shape index (κ1) is 12.3. The van der Waals surface area contributed by atoms with Gasteiger partial charge < -0.3 is 10.6 Å². The van der Waals surface area contributed by atoms with Crippen molar-refractivity contribution in [1.29, 1.82) is 0 Å². The first-order valence-corrected chi connectivity index (χ1v) is 6.59. The SMILES string of the molecule is Cc1ccc(N)cc1N1CCCC(C)(C)CC1. The monoisotopic (exact) mass is 232 g/mol. The molecule has 0 aliphatic carbocycles. The molecular formula is C15H24N2. The lowest BCUT2D eigenvalue weighted by Gasteiger charge is -2.26. The van der Waals surface area contributed by atoms with Crippen LogP contribution in [0.5, 0.6) is 0 Å². The molecule has 0 spiro atoms. The van der Waals surface area contributed by atoms with E-state index in [0.29, 0.717) is 5.41 Å². The quantitative estimate of drug-likeness (QED) is 0.750. The van der Waals surface area contributed by atoms with Gasteiger partial charge >= 0.3 is 0 Å². The Morgan fingerprint density at radius 3 is 2.71 bits per heavy atom. The molecule has 2 nitrogen and oxygen atoms in total. The van der Waals surface area contributed by atoms with Crippen LogP contribution in [0, 0.1) is 12.3 Å². The zero-order valence-electron chi connectivity index (χ0n) is 11.3. The van der Waals surface area contributed by atoms with Gasteiger partial charge in [-0.15, -0.1) is 0 Å². The predicted octanol–water partition coefficient (Wildman–Crippen LogP) is 3.59. The Hall–Kier alpha value is -1.18. The van der Waals surface area contributed by atoms with Crippen LogP contribution < -0.4 is 10.6 Å². The van der Waals surface area contributed by atoms with Crippen molar-refractivity contribution >= 4 is 11.4 Å². The fourth-order valence-electron chi connectivity index (χ4n) is 2.63. The maximum atomic E-state index is 5.90. The second kappa shape index (κ2) is 4.59. The average molecular weight is 232 g/mol. The van der Waals surface area contributed by atoms with Crippen molar-refractivity contribution in [2.24, 2.45) is 5.41 Å². The second-order valence-electron chi connectivity index (χ2n) is 6.05. The van der Waals surface area contributed by atoms with Crippen molar-refractivity contribution in [2.45, 2.75) is 40.0 Å². The molecule has 0 bridgehead atoms. The van der Waals surface area contributed by atoms with Crippen molar-refractivity contribution < 1.29 is 0 Å². The van der Waals surface area contributed by atoms with Crippen LogP contribution in [0.4, 0.5) is 11.4 Å². The van der Waals surface area contributed by atoms with Crippen LogP contribution in [-0.2, 0) is 0 Å². The van der Waals surface area contributed by atoms with Crippen LogP contribution in [0.1, 0.15) is 38.7 Å². The van der Waals surface area contributed by atoms with Crippen molar-refractivity contribution in [1.82, 2.24) is 0 Å². The average Bonchev–Trinajstić information content (AvgIpc) is 2.43. The number of hydrogen-bond donors (Lipinski definition) is 1. The summed E-state index contributed by atoms with van der Waals surface area (Å²) in [6, 6.07) is 6.23. The molecule has 0 radical (unpaired) electrons. The van der Waals surface area contributed by atoms with Crippen LogP contribution >= 0.6 is 0 Å². The van der Waals surface area contributed by atoms with Crippen molar-refractivity contribution in [3.63, 3.8) is 0 Å². The van der Waals surface area contributed by atoms with E-state index < -0.39 is 0 Å². The highest BCUT2D eigenvalue weighted by atomic mass is 15.1. The lowest BCUT2D eigenvalue weighted by Crippen LogP contribution is -2.25. The number of nitrogen functional groups attached to an aromatic ring is 1. The zero-order chi connectivity index (χ0) is 12.5. The highest BCUT2D eigenvalue weighted by molar-refractivity contribution is 5.60. The van der Waals surface area contributed by atoms with E-state index in [1.807, 2.05) is 6.07 Å². The van der Waals surface area contributed by atoms with Crippen LogP contribution in [0.25, 0.3) is 0 Å². The molecule has 1 aliphatic rings. The van der Waals surface area contributed by atoms with Crippen molar-refractivity contribution in [3.05, 3.63) is 23.8 Å². The van der Waals surface area contributed by atoms with Crippen LogP contribution in [-0.4, -0.2) is 13.1 Å². The van der Waals surface area contributed by atoms with Gasteiger partial charge in [-0.2, -0.15) is 0 Å². The Balaban J connectivity index is 2.19. The fraction of sp³-hybridized carbons (Fsp3) is 0.600. The summed E-state index contributed by atoms with van der Waals surface area (Å²) in [7, 11) is 0. The van der Waals surface area contributed by atoms with Gasteiger partial charge in [0, 0.05) is 24.5 Å². The molecule has 2 N–H and O–H groups in total. The Bertz CT molecular complexity index is 396. The molecular weight excluding hydrogens is 208 g/mol. The lowest BCUT2D eigenvalue weighted by atomic mass is 9.85. The minimum Gasteiger partial charge on any atom is -0.399 e. The number of hydrogen-bond acceptors (Lipinski definition) is 2. The topological polar surface area (TPSA) is 29.3 Å². The third-order valence-electron chi connectivity index (χ3n) is 3.91. The van der Waals surface area contributed by atoms with Gasteiger partial charge in [-0.25, -0.2) is 0 Å². The molecule has 1 aromatic carbocycles. The highest BCUT2D eigenvalue weighted by Crippen LogP contribution is 2.33. The molecule has 0 aromatic heterocycles. The Labute approximate surface area is 105 Å². The summed E-state index contributed by atoms with van der Waals surface area (Å²) in [5.41, 5.74) is 9.91. The largest absolute Gasteiger partial charge is 0.399 e. The molecule has 0 amide bonds. The molecule has 0 unspecified atom stereocenters. The van der Waals surface area contributed by atoms with Gasteiger partial charge in [-0.3, -0.25) is 0 Å². The van der Waals surface area contributed by atoms with Crippen LogP contribution in [0.2, 0.25) is 0 Å². The van der Waals surface area contributed by atoms with E-state index in [4.69, 9.17) is 5.73 Å². The molecule has 94 valence electrons. The lowest BCUT2D eigenvalue weighted by molar-refractivity contribution is 0.325. The number of nitrogens with two attached hydrogens (primary N) is 1. The van der Waals surface area contributed by atoms with E-state index >= 15 is 0 Å². The van der Waals surface area contributed by atoms with E-state index in [9.17, 15) is 0 Å². The minimum absolute atomic E-state index is 0.489. The smallest absolute Gasteiger partial charge is 0.0416 e. The van der Waals surface area contributed by atoms with Gasteiger partial charge in [0.05, 0.1) is 0 Å². The molecule has 1 saturated heterocycles. The first-order valence-electron chi connectivity index (χ1n) is 6.59. The highest BCUT2D eigenvalue weighted by Gasteiger charge is 2.23. The van der Waals surface area contributed by atoms with Gasteiger partial charge in [0.15, 0.2) is 0 Å². The summed E-state index contributed by atoms with van der Waals surface area (Å²) < 4.78 is 0. The van der Waals surface area contributed by atoms with E-state index in [2.05, 4.69) is 37.8 Å². The summed E-state index contributed by atoms with van der Waals surface area (Å²) in [5.74, 6) is 0. The second-order valence-corrected chi connectivity index (χ2v) is 6.05. The van der Waals surface area contributed by atoms with Gasteiger partial charge in [-0.1, -0.05) is 19.9 Å². The zero-order valence-corrected chi connectivity index (χ0v) is 11.3. The minimum atomic E-state index is 0.489. The maximum Gasteiger partial charge on any atom is 0.0416 e. The fourth-order valence-corrected chi connectivity index (χ4v) is 2.63. The number of aryl methyl sites for hydroxylation is 1. The predicted molar refractivity (Wildman–Crippen MR) is 75.4 cm³/mol. The van der Waals surface area contributed by atoms with Gasteiger partial charge in [0.25, 0.3) is 0 Å². The summed E-state index contributed by atoms with van der Waals surface area (Å²) in [4.78, 5) is 2.50. The molecule has 1 fully saturated rings. The summed E-state index contributed by atoms with van der Waals surface area (Å²) >= 11 is 0. The molecule has 1 aliphatic heterocycles. The van der Waals surface area contributed by atoms with E-state index in [1.165, 1.54) is 30.5 Å². The number of rotatable bonds is 1. The van der Waals surface area contributed by atoms with E-state index in [-0.39, 0.29) is 0 Å². The maximum absolute atomic E-state index is 5.90. The molecule has 0 atom stereocenters. The van der Waals surface area contributed by atoms with Crippen LogP contribution in [0.15, 0.2) is 18.2 Å². The number of nitrogens with zero attached hydrogens (tertiary/aromatic N) is 1. The Morgan fingerprint density at radius 2 is 1.94 bits per heavy atom. The Kier molecular flexibility index (Phi) is 3.32.